The molecule has 5 heteroatoms. The molecule has 2 aromatic rings. The van der Waals surface area contributed by atoms with Gasteiger partial charge in [0.25, 0.3) is 0 Å². The second-order valence-electron chi connectivity index (χ2n) is 3.77. The zero-order valence-corrected chi connectivity index (χ0v) is 9.87. The number of hydrogen-bond donors (Lipinski definition) is 1. The second kappa shape index (κ2) is 5.58. The number of carboxylic acid groups (broad SMARTS) is 1. The van der Waals surface area contributed by atoms with Crippen LogP contribution in [0.15, 0.2) is 41.5 Å². The van der Waals surface area contributed by atoms with Crippen molar-refractivity contribution < 1.29 is 9.90 Å². The summed E-state index contributed by atoms with van der Waals surface area (Å²) in [6.07, 6.45) is 0. The second-order valence-corrected chi connectivity index (χ2v) is 3.77. The molecule has 2 rings (SSSR count). The Labute approximate surface area is 109 Å². The van der Waals surface area contributed by atoms with E-state index >= 15 is 0 Å². The molecule has 0 fully saturated rings. The molecular weight excluding hydrogens is 242 g/mol. The number of rotatable bonds is 2. The van der Waals surface area contributed by atoms with Gasteiger partial charge < -0.3 is 5.11 Å². The van der Waals surface area contributed by atoms with Gasteiger partial charge in [0.15, 0.2) is 0 Å². The van der Waals surface area contributed by atoms with Crippen LogP contribution in [0.25, 0.3) is 21.2 Å². The highest BCUT2D eigenvalue weighted by Crippen LogP contribution is 2.17. The van der Waals surface area contributed by atoms with Crippen molar-refractivity contribution in [2.45, 2.75) is 0 Å². The van der Waals surface area contributed by atoms with Crippen LogP contribution in [0.4, 0.5) is 0 Å². The molecule has 1 N–H and O–H groups in total. The Hall–Kier alpha value is -2.96. The summed E-state index contributed by atoms with van der Waals surface area (Å²) >= 11 is 0. The summed E-state index contributed by atoms with van der Waals surface area (Å²) in [5, 5.41) is 14.0. The van der Waals surface area contributed by atoms with Gasteiger partial charge >= 0.3 is 5.97 Å². The van der Waals surface area contributed by atoms with E-state index in [1.54, 1.807) is 24.3 Å². The van der Waals surface area contributed by atoms with E-state index < -0.39 is 5.97 Å². The van der Waals surface area contributed by atoms with Crippen LogP contribution in [0.1, 0.15) is 15.9 Å². The van der Waals surface area contributed by atoms with E-state index in [0.717, 1.165) is 16.3 Å². The van der Waals surface area contributed by atoms with E-state index in [-0.39, 0.29) is 12.1 Å². The Morgan fingerprint density at radius 1 is 1.26 bits per heavy atom. The highest BCUT2D eigenvalue weighted by Gasteiger charge is 2.03. The number of nitrogens with zero attached hydrogens (tertiary/aromatic N) is 3. The van der Waals surface area contributed by atoms with Crippen molar-refractivity contribution in [1.29, 1.82) is 0 Å². The molecule has 0 aromatic heterocycles. The van der Waals surface area contributed by atoms with E-state index in [1.165, 1.54) is 0 Å². The van der Waals surface area contributed by atoms with Crippen LogP contribution < -0.4 is 0 Å². The summed E-state index contributed by atoms with van der Waals surface area (Å²) in [5.74, 6) is 4.67. The molecule has 0 amide bonds. The lowest BCUT2D eigenvalue weighted by Crippen LogP contribution is -1.95. The topological polar surface area (TPSA) is 86.1 Å². The monoisotopic (exact) mass is 251 g/mol. The Balaban J connectivity index is 2.35. The summed E-state index contributed by atoms with van der Waals surface area (Å²) in [5.41, 5.74) is 9.17. The normalized spacial score (nSPS) is 9.26. The Morgan fingerprint density at radius 3 is 2.74 bits per heavy atom. The fourth-order valence-electron chi connectivity index (χ4n) is 1.67. The van der Waals surface area contributed by atoms with Gasteiger partial charge in [-0.05, 0) is 40.6 Å². The smallest absolute Gasteiger partial charge is 0.335 e. The van der Waals surface area contributed by atoms with Crippen LogP contribution in [-0.4, -0.2) is 17.6 Å². The van der Waals surface area contributed by atoms with Crippen LogP contribution >= 0.6 is 0 Å². The molecule has 0 unspecified atom stereocenters. The minimum Gasteiger partial charge on any atom is -0.478 e. The molecule has 0 spiro atoms. The molecule has 0 atom stereocenters. The first kappa shape index (κ1) is 12.5. The van der Waals surface area contributed by atoms with Crippen molar-refractivity contribution >= 4 is 16.7 Å². The van der Waals surface area contributed by atoms with Gasteiger partial charge in [0, 0.05) is 10.5 Å². The zero-order valence-electron chi connectivity index (χ0n) is 9.87. The maximum Gasteiger partial charge on any atom is 0.335 e. The zero-order chi connectivity index (χ0) is 13.7. The van der Waals surface area contributed by atoms with Crippen LogP contribution in [0, 0.1) is 11.8 Å². The van der Waals surface area contributed by atoms with Crippen molar-refractivity contribution in [2.75, 3.05) is 6.54 Å². The van der Waals surface area contributed by atoms with Gasteiger partial charge in [0.2, 0.25) is 0 Å². The molecule has 0 heterocycles. The fraction of sp³-hybridized carbons (Fsp3) is 0.0714. The van der Waals surface area contributed by atoms with Crippen LogP contribution in [-0.2, 0) is 0 Å². The summed E-state index contributed by atoms with van der Waals surface area (Å²) in [6.45, 7) is 0.131. The lowest BCUT2D eigenvalue weighted by Gasteiger charge is -2.00. The summed E-state index contributed by atoms with van der Waals surface area (Å²) < 4.78 is 0. The molecule has 0 saturated heterocycles. The predicted molar refractivity (Wildman–Crippen MR) is 71.8 cm³/mol. The number of carboxylic acids is 1. The molecule has 5 nitrogen and oxygen atoms in total. The highest BCUT2D eigenvalue weighted by atomic mass is 16.4. The van der Waals surface area contributed by atoms with E-state index in [4.69, 9.17) is 10.6 Å². The SMILES string of the molecule is [N-]=[N+]=NCC#Cc1ccc2cc(C(=O)O)ccc2c1. The van der Waals surface area contributed by atoms with Crippen molar-refractivity contribution in [1.82, 2.24) is 0 Å². The van der Waals surface area contributed by atoms with E-state index in [0.29, 0.717) is 0 Å². The minimum atomic E-state index is -0.944. The van der Waals surface area contributed by atoms with Crippen LogP contribution in [0.5, 0.6) is 0 Å². The number of azide groups is 1. The molecule has 0 aliphatic carbocycles. The maximum atomic E-state index is 10.9. The minimum absolute atomic E-state index is 0.131. The van der Waals surface area contributed by atoms with Gasteiger partial charge in [-0.3, -0.25) is 0 Å². The molecule has 0 bridgehead atoms. The largest absolute Gasteiger partial charge is 0.478 e. The first-order chi connectivity index (χ1) is 9.20. The van der Waals surface area contributed by atoms with Gasteiger partial charge in [-0.15, -0.1) is 0 Å². The van der Waals surface area contributed by atoms with Crippen molar-refractivity contribution in [3.8, 4) is 11.8 Å². The molecule has 2 aromatic carbocycles. The number of benzene rings is 2. The Kier molecular flexibility index (Phi) is 3.67. The number of fused-ring (bicyclic) bond motifs is 1. The standard InChI is InChI=1S/C14H9N3O2/c15-17-16-7-1-2-10-3-4-12-9-13(14(18)19)6-5-11(12)8-10/h3-6,8-9H,7H2,(H,18,19). The third-order valence-electron chi connectivity index (χ3n) is 2.53. The van der Waals surface area contributed by atoms with Crippen molar-refractivity contribution in [3.05, 3.63) is 58.0 Å². The Morgan fingerprint density at radius 2 is 2.00 bits per heavy atom. The first-order valence-electron chi connectivity index (χ1n) is 5.47. The third kappa shape index (κ3) is 3.03. The van der Waals surface area contributed by atoms with Crippen LogP contribution in [0.3, 0.4) is 0 Å². The maximum absolute atomic E-state index is 10.9. The quantitative estimate of drug-likeness (QED) is 0.384. The highest BCUT2D eigenvalue weighted by molar-refractivity contribution is 5.94. The molecule has 0 saturated carbocycles. The summed E-state index contributed by atoms with van der Waals surface area (Å²) in [7, 11) is 0. The van der Waals surface area contributed by atoms with Gasteiger partial charge in [0.1, 0.15) is 0 Å². The first-order valence-corrected chi connectivity index (χ1v) is 5.47. The van der Waals surface area contributed by atoms with Gasteiger partial charge in [-0.2, -0.15) is 0 Å². The lowest BCUT2D eigenvalue weighted by molar-refractivity contribution is 0.0697. The number of carbonyl (C=O) groups is 1. The lowest BCUT2D eigenvalue weighted by atomic mass is 10.0. The van der Waals surface area contributed by atoms with Gasteiger partial charge in [0.05, 0.1) is 12.1 Å². The number of hydrogen-bond acceptors (Lipinski definition) is 2. The van der Waals surface area contributed by atoms with E-state index in [1.807, 2.05) is 12.1 Å². The third-order valence-corrected chi connectivity index (χ3v) is 2.53. The molecule has 92 valence electrons. The average Bonchev–Trinajstić information content (AvgIpc) is 2.43. The van der Waals surface area contributed by atoms with Gasteiger partial charge in [-0.25, -0.2) is 4.79 Å². The van der Waals surface area contributed by atoms with E-state index in [2.05, 4.69) is 21.9 Å². The summed E-state index contributed by atoms with van der Waals surface area (Å²) in [6, 6.07) is 10.4. The fourth-order valence-corrected chi connectivity index (χ4v) is 1.67. The predicted octanol–water partition coefficient (Wildman–Crippen LogP) is 3.20. The summed E-state index contributed by atoms with van der Waals surface area (Å²) in [4.78, 5) is 13.5. The molecular formula is C14H9N3O2. The number of aromatic carboxylic acids is 1. The van der Waals surface area contributed by atoms with Gasteiger partial charge in [-0.1, -0.05) is 29.1 Å². The van der Waals surface area contributed by atoms with E-state index in [9.17, 15) is 4.79 Å². The van der Waals surface area contributed by atoms with Crippen molar-refractivity contribution in [3.63, 3.8) is 0 Å². The Bertz CT molecular complexity index is 750. The van der Waals surface area contributed by atoms with Crippen molar-refractivity contribution in [2.24, 2.45) is 5.11 Å². The molecule has 0 radical (unpaired) electrons. The average molecular weight is 251 g/mol. The molecule has 19 heavy (non-hydrogen) atoms. The van der Waals surface area contributed by atoms with Crippen LogP contribution in [0.2, 0.25) is 0 Å². The molecule has 0 aliphatic rings. The molecule has 0 aliphatic heterocycles.